The van der Waals surface area contributed by atoms with Crippen molar-refractivity contribution >= 4 is 17.9 Å². The topological polar surface area (TPSA) is 78.9 Å². The van der Waals surface area contributed by atoms with Crippen LogP contribution in [0.5, 0.6) is 0 Å². The number of hydrogen-bond donors (Lipinski definition) is 0. The second-order valence-corrected chi connectivity index (χ2v) is 16.7. The van der Waals surface area contributed by atoms with Crippen LogP contribution in [0.25, 0.3) is 0 Å². The summed E-state index contributed by atoms with van der Waals surface area (Å²) in [5, 5.41) is 0. The van der Waals surface area contributed by atoms with Gasteiger partial charge in [-0.1, -0.05) is 204 Å². The lowest BCUT2D eigenvalue weighted by Gasteiger charge is -2.18. The molecular formula is C53H94O6. The first-order chi connectivity index (χ1) is 29.0. The van der Waals surface area contributed by atoms with Crippen LogP contribution in [0.2, 0.25) is 0 Å². The summed E-state index contributed by atoms with van der Waals surface area (Å²) in [4.78, 5) is 37.9. The smallest absolute Gasteiger partial charge is 0.306 e. The number of ether oxygens (including phenoxy) is 3. The maximum absolute atomic E-state index is 12.8. The predicted molar refractivity (Wildman–Crippen MR) is 252 cm³/mol. The van der Waals surface area contributed by atoms with Gasteiger partial charge in [0.15, 0.2) is 6.10 Å². The molecule has 0 saturated heterocycles. The standard InChI is InChI=1S/C53H94O6/c1-4-7-10-13-16-19-22-24-26-28-31-34-37-40-43-46-52(55)58-49-50(48-57-51(54)45-42-39-36-33-30-21-18-15-12-9-6-3)59-53(56)47-44-41-38-35-32-29-27-25-23-20-17-14-11-8-5-2/h8,11,17,20,24-27,50H,4-7,9-10,12-16,18-19,21-23,28-49H2,1-3H3/b11-8-,20-17-,26-24-,27-25-/t50-/m0/s1. The number of carbonyl (C=O) groups is 3. The van der Waals surface area contributed by atoms with Gasteiger partial charge in [0.2, 0.25) is 0 Å². The van der Waals surface area contributed by atoms with E-state index in [1.54, 1.807) is 0 Å². The second kappa shape index (κ2) is 48.0. The Morgan fingerprint density at radius 1 is 0.356 bits per heavy atom. The molecule has 0 fully saturated rings. The van der Waals surface area contributed by atoms with Gasteiger partial charge in [0.25, 0.3) is 0 Å². The first kappa shape index (κ1) is 56.4. The van der Waals surface area contributed by atoms with Crippen molar-refractivity contribution in [2.75, 3.05) is 13.2 Å². The molecule has 342 valence electrons. The Labute approximate surface area is 365 Å². The van der Waals surface area contributed by atoms with Crippen LogP contribution in [0.3, 0.4) is 0 Å². The summed E-state index contributed by atoms with van der Waals surface area (Å²) in [5.41, 5.74) is 0. The lowest BCUT2D eigenvalue weighted by atomic mass is 10.1. The quantitative estimate of drug-likeness (QED) is 0.0263. The van der Waals surface area contributed by atoms with Crippen molar-refractivity contribution < 1.29 is 28.6 Å². The molecule has 6 nitrogen and oxygen atoms in total. The summed E-state index contributed by atoms with van der Waals surface area (Å²) in [6, 6.07) is 0. The van der Waals surface area contributed by atoms with Crippen LogP contribution in [0.4, 0.5) is 0 Å². The third kappa shape index (κ3) is 46.3. The summed E-state index contributed by atoms with van der Waals surface area (Å²) in [5.74, 6) is -0.902. The van der Waals surface area contributed by atoms with E-state index in [0.717, 1.165) is 103 Å². The van der Waals surface area contributed by atoms with E-state index in [-0.39, 0.29) is 31.1 Å². The highest BCUT2D eigenvalue weighted by Crippen LogP contribution is 2.14. The molecule has 6 heteroatoms. The third-order valence-corrected chi connectivity index (χ3v) is 10.8. The highest BCUT2D eigenvalue weighted by Gasteiger charge is 2.19. The van der Waals surface area contributed by atoms with Crippen molar-refractivity contribution in [1.82, 2.24) is 0 Å². The third-order valence-electron chi connectivity index (χ3n) is 10.8. The van der Waals surface area contributed by atoms with Gasteiger partial charge in [0.05, 0.1) is 0 Å². The zero-order chi connectivity index (χ0) is 43.0. The molecule has 0 aromatic heterocycles. The van der Waals surface area contributed by atoms with E-state index in [4.69, 9.17) is 14.2 Å². The first-order valence-corrected chi connectivity index (χ1v) is 25.1. The Morgan fingerprint density at radius 3 is 1.05 bits per heavy atom. The van der Waals surface area contributed by atoms with Gasteiger partial charge in [-0.15, -0.1) is 0 Å². The minimum atomic E-state index is -0.781. The van der Waals surface area contributed by atoms with E-state index >= 15 is 0 Å². The van der Waals surface area contributed by atoms with E-state index in [9.17, 15) is 14.4 Å². The molecule has 1 atom stereocenters. The van der Waals surface area contributed by atoms with E-state index < -0.39 is 6.10 Å². The maximum Gasteiger partial charge on any atom is 0.306 e. The van der Waals surface area contributed by atoms with Crippen molar-refractivity contribution in [1.29, 1.82) is 0 Å². The Kier molecular flexibility index (Phi) is 45.9. The van der Waals surface area contributed by atoms with E-state index in [1.807, 2.05) is 0 Å². The van der Waals surface area contributed by atoms with Crippen LogP contribution in [0.15, 0.2) is 48.6 Å². The van der Waals surface area contributed by atoms with Gasteiger partial charge in [-0.05, 0) is 77.0 Å². The maximum atomic E-state index is 12.8. The molecule has 0 aromatic rings. The fraction of sp³-hybridized carbons (Fsp3) is 0.792. The van der Waals surface area contributed by atoms with Gasteiger partial charge in [0, 0.05) is 19.3 Å². The molecule has 0 saturated carbocycles. The lowest BCUT2D eigenvalue weighted by molar-refractivity contribution is -0.167. The summed E-state index contributed by atoms with van der Waals surface area (Å²) in [6.45, 7) is 6.50. The van der Waals surface area contributed by atoms with Crippen LogP contribution in [0.1, 0.15) is 252 Å². The molecule has 0 rings (SSSR count). The summed E-state index contributed by atoms with van der Waals surface area (Å²) < 4.78 is 16.8. The average Bonchev–Trinajstić information content (AvgIpc) is 3.23. The Bertz CT molecular complexity index is 1040. The molecule has 0 amide bonds. The normalized spacial score (nSPS) is 12.4. The van der Waals surface area contributed by atoms with Crippen molar-refractivity contribution in [2.24, 2.45) is 0 Å². The number of unbranched alkanes of at least 4 members (excludes halogenated alkanes) is 26. The first-order valence-electron chi connectivity index (χ1n) is 25.1. The summed E-state index contributed by atoms with van der Waals surface area (Å²) >= 11 is 0. The van der Waals surface area contributed by atoms with Gasteiger partial charge in [-0.2, -0.15) is 0 Å². The fourth-order valence-electron chi connectivity index (χ4n) is 7.04. The molecule has 0 aromatic carbocycles. The van der Waals surface area contributed by atoms with Gasteiger partial charge in [-0.3, -0.25) is 14.4 Å². The average molecular weight is 827 g/mol. The molecular weight excluding hydrogens is 733 g/mol. The summed E-state index contributed by atoms with van der Waals surface area (Å²) in [6.07, 6.45) is 56.6. The highest BCUT2D eigenvalue weighted by atomic mass is 16.6. The van der Waals surface area contributed by atoms with Crippen LogP contribution in [0, 0.1) is 0 Å². The van der Waals surface area contributed by atoms with Crippen LogP contribution in [-0.4, -0.2) is 37.2 Å². The van der Waals surface area contributed by atoms with E-state index in [2.05, 4.69) is 69.4 Å². The minimum absolute atomic E-state index is 0.0808. The lowest BCUT2D eigenvalue weighted by Crippen LogP contribution is -2.30. The second-order valence-electron chi connectivity index (χ2n) is 16.7. The summed E-state index contributed by atoms with van der Waals surface area (Å²) in [7, 11) is 0. The van der Waals surface area contributed by atoms with Gasteiger partial charge >= 0.3 is 17.9 Å². The molecule has 0 spiro atoms. The molecule has 0 aliphatic heterocycles. The van der Waals surface area contributed by atoms with E-state index in [0.29, 0.717) is 19.3 Å². The van der Waals surface area contributed by atoms with Gasteiger partial charge in [0.1, 0.15) is 13.2 Å². The monoisotopic (exact) mass is 827 g/mol. The van der Waals surface area contributed by atoms with Crippen LogP contribution < -0.4 is 0 Å². The number of rotatable bonds is 45. The Balaban J connectivity index is 4.40. The molecule has 0 radical (unpaired) electrons. The number of hydrogen-bond acceptors (Lipinski definition) is 6. The molecule has 0 bridgehead atoms. The van der Waals surface area contributed by atoms with Gasteiger partial charge in [-0.25, -0.2) is 0 Å². The molecule has 0 heterocycles. The van der Waals surface area contributed by atoms with Crippen molar-refractivity contribution in [3.8, 4) is 0 Å². The Hall–Kier alpha value is -2.63. The fourth-order valence-corrected chi connectivity index (χ4v) is 7.04. The molecule has 0 N–H and O–H groups in total. The number of carbonyl (C=O) groups excluding carboxylic acids is 3. The van der Waals surface area contributed by atoms with E-state index in [1.165, 1.54) is 109 Å². The number of allylic oxidation sites excluding steroid dienone is 8. The minimum Gasteiger partial charge on any atom is -0.462 e. The number of esters is 3. The molecule has 0 aliphatic carbocycles. The van der Waals surface area contributed by atoms with Crippen molar-refractivity contribution in [3.05, 3.63) is 48.6 Å². The van der Waals surface area contributed by atoms with Crippen molar-refractivity contribution in [3.63, 3.8) is 0 Å². The Morgan fingerprint density at radius 2 is 0.661 bits per heavy atom. The molecule has 0 aliphatic rings. The zero-order valence-corrected chi connectivity index (χ0v) is 39.0. The van der Waals surface area contributed by atoms with Gasteiger partial charge < -0.3 is 14.2 Å². The van der Waals surface area contributed by atoms with Crippen molar-refractivity contribution in [2.45, 2.75) is 258 Å². The predicted octanol–water partition coefficient (Wildman–Crippen LogP) is 16.3. The SMILES string of the molecule is CC/C=C\C/C=C\C/C=C\CCCCCCCC(=O)O[C@H](COC(=O)CCCCCCC/C=C\CCCCCCCC)COC(=O)CCCCCCCCCCCCC. The molecule has 59 heavy (non-hydrogen) atoms. The largest absolute Gasteiger partial charge is 0.462 e. The van der Waals surface area contributed by atoms with Crippen LogP contribution >= 0.6 is 0 Å². The highest BCUT2D eigenvalue weighted by molar-refractivity contribution is 5.71. The molecule has 0 unspecified atom stereocenters. The zero-order valence-electron chi connectivity index (χ0n) is 39.0. The van der Waals surface area contributed by atoms with Crippen LogP contribution in [-0.2, 0) is 28.6 Å².